The van der Waals surface area contributed by atoms with Gasteiger partial charge in [0.1, 0.15) is 0 Å². The van der Waals surface area contributed by atoms with E-state index < -0.39 is 11.9 Å². The SMILES string of the molecule is CCCC(=O)O.CCCCCC(=O)O. The van der Waals surface area contributed by atoms with Gasteiger partial charge in [0.25, 0.3) is 0 Å². The minimum absolute atomic E-state index is 0.292. The molecule has 84 valence electrons. The van der Waals surface area contributed by atoms with Gasteiger partial charge in [-0.15, -0.1) is 0 Å². The molecule has 0 amide bonds. The maximum atomic E-state index is 9.87. The zero-order valence-corrected chi connectivity index (χ0v) is 8.95. The zero-order valence-electron chi connectivity index (χ0n) is 8.95. The third-order valence-corrected chi connectivity index (χ3v) is 1.46. The Kier molecular flexibility index (Phi) is 13.1. The first-order valence-corrected chi connectivity index (χ1v) is 4.98. The Morgan fingerprint density at radius 3 is 1.57 bits per heavy atom. The molecule has 0 aliphatic rings. The van der Waals surface area contributed by atoms with Crippen LogP contribution in [0.2, 0.25) is 0 Å². The highest BCUT2D eigenvalue weighted by Gasteiger charge is 1.92. The highest BCUT2D eigenvalue weighted by molar-refractivity contribution is 5.66. The molecular weight excluding hydrogens is 184 g/mol. The number of aliphatic carboxylic acids is 2. The summed E-state index contributed by atoms with van der Waals surface area (Å²) in [6.45, 7) is 3.90. The number of carbonyl (C=O) groups is 2. The van der Waals surface area contributed by atoms with E-state index in [9.17, 15) is 9.59 Å². The van der Waals surface area contributed by atoms with Crippen molar-refractivity contribution < 1.29 is 19.8 Å². The molecule has 0 saturated carbocycles. The van der Waals surface area contributed by atoms with Crippen LogP contribution in [-0.2, 0) is 9.59 Å². The predicted molar refractivity (Wildman–Crippen MR) is 54.3 cm³/mol. The quantitative estimate of drug-likeness (QED) is 0.652. The van der Waals surface area contributed by atoms with Crippen LogP contribution in [0.15, 0.2) is 0 Å². The van der Waals surface area contributed by atoms with E-state index in [0.29, 0.717) is 12.8 Å². The van der Waals surface area contributed by atoms with Crippen molar-refractivity contribution in [1.82, 2.24) is 0 Å². The van der Waals surface area contributed by atoms with Crippen molar-refractivity contribution in [2.24, 2.45) is 0 Å². The van der Waals surface area contributed by atoms with E-state index in [0.717, 1.165) is 25.7 Å². The predicted octanol–water partition coefficient (Wildman–Crippen LogP) is 2.52. The molecule has 4 heteroatoms. The van der Waals surface area contributed by atoms with Gasteiger partial charge >= 0.3 is 11.9 Å². The van der Waals surface area contributed by atoms with Gasteiger partial charge in [0.15, 0.2) is 0 Å². The molecule has 0 spiro atoms. The Morgan fingerprint density at radius 2 is 1.36 bits per heavy atom. The average molecular weight is 204 g/mol. The monoisotopic (exact) mass is 204 g/mol. The van der Waals surface area contributed by atoms with Crippen molar-refractivity contribution in [3.05, 3.63) is 0 Å². The zero-order chi connectivity index (χ0) is 11.4. The van der Waals surface area contributed by atoms with Crippen LogP contribution in [0.4, 0.5) is 0 Å². The molecule has 0 rings (SSSR count). The first-order valence-electron chi connectivity index (χ1n) is 4.98. The maximum Gasteiger partial charge on any atom is 0.303 e. The fraction of sp³-hybridized carbons (Fsp3) is 0.800. The summed E-state index contributed by atoms with van der Waals surface area (Å²) in [4.78, 5) is 19.5. The van der Waals surface area contributed by atoms with Crippen LogP contribution in [0.1, 0.15) is 52.4 Å². The Hall–Kier alpha value is -1.06. The van der Waals surface area contributed by atoms with Crippen molar-refractivity contribution in [2.75, 3.05) is 0 Å². The van der Waals surface area contributed by atoms with Crippen molar-refractivity contribution in [1.29, 1.82) is 0 Å². The standard InChI is InChI=1S/C6H12O2.C4H8O2/c1-2-3-4-5-6(7)8;1-2-3-4(5)6/h2-5H2,1H3,(H,7,8);2-3H2,1H3,(H,5,6). The molecule has 0 fully saturated rings. The highest BCUT2D eigenvalue weighted by atomic mass is 16.4. The first kappa shape index (κ1) is 15.4. The molecule has 0 aliphatic heterocycles. The number of carboxylic acids is 2. The van der Waals surface area contributed by atoms with Crippen molar-refractivity contribution in [3.8, 4) is 0 Å². The van der Waals surface area contributed by atoms with Crippen molar-refractivity contribution >= 4 is 11.9 Å². The first-order chi connectivity index (χ1) is 6.54. The number of rotatable bonds is 6. The van der Waals surface area contributed by atoms with Crippen LogP contribution in [0.3, 0.4) is 0 Å². The lowest BCUT2D eigenvalue weighted by Crippen LogP contribution is -1.92. The van der Waals surface area contributed by atoms with E-state index in [2.05, 4.69) is 6.92 Å². The van der Waals surface area contributed by atoms with Crippen LogP contribution < -0.4 is 0 Å². The lowest BCUT2D eigenvalue weighted by atomic mass is 10.2. The number of hydrogen-bond donors (Lipinski definition) is 2. The minimum atomic E-state index is -0.711. The summed E-state index contributed by atoms with van der Waals surface area (Å²) < 4.78 is 0. The van der Waals surface area contributed by atoms with Gasteiger partial charge < -0.3 is 10.2 Å². The molecule has 0 aromatic rings. The molecule has 0 saturated heterocycles. The number of hydrogen-bond acceptors (Lipinski definition) is 2. The summed E-state index contributed by atoms with van der Waals surface area (Å²) in [5, 5.41) is 16.1. The van der Waals surface area contributed by atoms with Gasteiger partial charge in [0.2, 0.25) is 0 Å². The molecule has 0 aliphatic carbocycles. The second-order valence-electron chi connectivity index (χ2n) is 2.99. The van der Waals surface area contributed by atoms with E-state index in [1.54, 1.807) is 0 Å². The average Bonchev–Trinajstić information content (AvgIpc) is 2.05. The minimum Gasteiger partial charge on any atom is -0.481 e. The molecule has 2 N–H and O–H groups in total. The van der Waals surface area contributed by atoms with E-state index in [4.69, 9.17) is 10.2 Å². The summed E-state index contributed by atoms with van der Waals surface area (Å²) in [6.07, 6.45) is 4.30. The molecule has 0 aromatic heterocycles. The van der Waals surface area contributed by atoms with Crippen LogP contribution in [0.5, 0.6) is 0 Å². The number of carboxylic acid groups (broad SMARTS) is 2. The number of unbranched alkanes of at least 4 members (excludes halogenated alkanes) is 2. The van der Waals surface area contributed by atoms with E-state index in [-0.39, 0.29) is 0 Å². The van der Waals surface area contributed by atoms with Gasteiger partial charge in [-0.25, -0.2) is 0 Å². The summed E-state index contributed by atoms with van der Waals surface area (Å²) in [7, 11) is 0. The Morgan fingerprint density at radius 1 is 0.857 bits per heavy atom. The van der Waals surface area contributed by atoms with Crippen LogP contribution in [-0.4, -0.2) is 22.2 Å². The van der Waals surface area contributed by atoms with Gasteiger partial charge in [-0.1, -0.05) is 26.7 Å². The Labute approximate surface area is 84.9 Å². The van der Waals surface area contributed by atoms with Crippen molar-refractivity contribution in [3.63, 3.8) is 0 Å². The fourth-order valence-corrected chi connectivity index (χ4v) is 0.740. The van der Waals surface area contributed by atoms with Crippen molar-refractivity contribution in [2.45, 2.75) is 52.4 Å². The summed E-state index contributed by atoms with van der Waals surface area (Å²) in [6, 6.07) is 0. The lowest BCUT2D eigenvalue weighted by molar-refractivity contribution is -0.138. The molecule has 0 atom stereocenters. The van der Waals surface area contributed by atoms with E-state index >= 15 is 0 Å². The molecular formula is C10H20O4. The summed E-state index contributed by atoms with van der Waals surface area (Å²) in [5.74, 6) is -1.39. The Balaban J connectivity index is 0. The molecule has 0 heterocycles. The van der Waals surface area contributed by atoms with Crippen LogP contribution >= 0.6 is 0 Å². The largest absolute Gasteiger partial charge is 0.481 e. The molecule has 4 nitrogen and oxygen atoms in total. The van der Waals surface area contributed by atoms with E-state index in [1.165, 1.54) is 0 Å². The summed E-state index contributed by atoms with van der Waals surface area (Å²) in [5.41, 5.74) is 0. The fourth-order valence-electron chi connectivity index (χ4n) is 0.740. The summed E-state index contributed by atoms with van der Waals surface area (Å²) >= 11 is 0. The molecule has 14 heavy (non-hydrogen) atoms. The highest BCUT2D eigenvalue weighted by Crippen LogP contribution is 1.97. The third kappa shape index (κ3) is 22.4. The van der Waals surface area contributed by atoms with Crippen LogP contribution in [0, 0.1) is 0 Å². The van der Waals surface area contributed by atoms with Gasteiger partial charge in [0.05, 0.1) is 0 Å². The van der Waals surface area contributed by atoms with Gasteiger partial charge in [-0.2, -0.15) is 0 Å². The van der Waals surface area contributed by atoms with E-state index in [1.807, 2.05) is 6.92 Å². The van der Waals surface area contributed by atoms with Gasteiger partial charge in [-0.05, 0) is 12.8 Å². The normalized spacial score (nSPS) is 8.71. The smallest absolute Gasteiger partial charge is 0.303 e. The topological polar surface area (TPSA) is 74.6 Å². The lowest BCUT2D eigenvalue weighted by Gasteiger charge is -1.89. The Bertz CT molecular complexity index is 154. The maximum absolute atomic E-state index is 9.87. The third-order valence-electron chi connectivity index (χ3n) is 1.46. The molecule has 0 bridgehead atoms. The molecule has 0 radical (unpaired) electrons. The second-order valence-corrected chi connectivity index (χ2v) is 2.99. The second kappa shape index (κ2) is 11.9. The van der Waals surface area contributed by atoms with Crippen LogP contribution in [0.25, 0.3) is 0 Å². The van der Waals surface area contributed by atoms with Gasteiger partial charge in [-0.3, -0.25) is 9.59 Å². The molecule has 0 aromatic carbocycles. The molecule has 0 unspecified atom stereocenters. The van der Waals surface area contributed by atoms with Gasteiger partial charge in [0, 0.05) is 12.8 Å².